The molecule has 0 amide bonds. The van der Waals surface area contributed by atoms with Gasteiger partial charge in [0.05, 0.1) is 0 Å². The van der Waals surface area contributed by atoms with Gasteiger partial charge in [0.1, 0.15) is 14.1 Å². The SMILES string of the molecule is CC(C)N(SCOPCl)C(C)C. The molecule has 0 aliphatic carbocycles. The average Bonchev–Trinajstić information content (AvgIpc) is 1.96. The zero-order chi connectivity index (χ0) is 9.56. The van der Waals surface area contributed by atoms with Crippen LogP contribution in [0.1, 0.15) is 27.7 Å². The molecular formula is C7H17ClNOPS. The van der Waals surface area contributed by atoms with E-state index in [9.17, 15) is 0 Å². The molecule has 0 aromatic rings. The van der Waals surface area contributed by atoms with Gasteiger partial charge in [-0.15, -0.1) is 0 Å². The second-order valence-corrected chi connectivity index (χ2v) is 4.84. The highest BCUT2D eigenvalue weighted by Crippen LogP contribution is 2.24. The Morgan fingerprint density at radius 2 is 1.83 bits per heavy atom. The van der Waals surface area contributed by atoms with Gasteiger partial charge < -0.3 is 4.52 Å². The van der Waals surface area contributed by atoms with E-state index >= 15 is 0 Å². The molecule has 0 heterocycles. The highest BCUT2D eigenvalue weighted by molar-refractivity contribution is 7.97. The second kappa shape index (κ2) is 7.40. The third-order valence-corrected chi connectivity index (χ3v) is 3.49. The summed E-state index contributed by atoms with van der Waals surface area (Å²) in [6, 6.07) is 1.08. The first-order valence-corrected chi connectivity index (χ1v) is 6.84. The molecule has 0 aromatic heterocycles. The van der Waals surface area contributed by atoms with Gasteiger partial charge in [-0.2, -0.15) is 0 Å². The summed E-state index contributed by atoms with van der Waals surface area (Å²) in [5.74, 6) is 0.651. The minimum Gasteiger partial charge on any atom is -0.334 e. The highest BCUT2D eigenvalue weighted by Gasteiger charge is 2.13. The summed E-state index contributed by atoms with van der Waals surface area (Å²) in [6.45, 7) is 8.71. The molecule has 0 rings (SSSR count). The molecular weight excluding hydrogens is 213 g/mol. The van der Waals surface area contributed by atoms with Gasteiger partial charge in [0.2, 0.25) is 0 Å². The van der Waals surface area contributed by atoms with E-state index in [2.05, 4.69) is 32.0 Å². The zero-order valence-electron chi connectivity index (χ0n) is 8.00. The van der Waals surface area contributed by atoms with Crippen LogP contribution in [0.25, 0.3) is 0 Å². The first-order valence-electron chi connectivity index (χ1n) is 3.98. The molecule has 12 heavy (non-hydrogen) atoms. The molecule has 5 heteroatoms. The van der Waals surface area contributed by atoms with Gasteiger partial charge in [0.25, 0.3) is 0 Å². The molecule has 0 N–H and O–H groups in total. The van der Waals surface area contributed by atoms with E-state index in [4.69, 9.17) is 15.8 Å². The molecule has 0 spiro atoms. The van der Waals surface area contributed by atoms with Crippen molar-refractivity contribution in [3.63, 3.8) is 0 Å². The lowest BCUT2D eigenvalue weighted by atomic mass is 10.3. The Labute approximate surface area is 86.2 Å². The van der Waals surface area contributed by atoms with Crippen LogP contribution in [0.15, 0.2) is 0 Å². The number of rotatable bonds is 6. The number of nitrogens with zero attached hydrogens (tertiary/aromatic N) is 1. The van der Waals surface area contributed by atoms with Crippen molar-refractivity contribution < 1.29 is 4.52 Å². The quantitative estimate of drug-likeness (QED) is 0.300. The van der Waals surface area contributed by atoms with Gasteiger partial charge in [0.15, 0.2) is 0 Å². The van der Waals surface area contributed by atoms with Crippen molar-refractivity contribution in [2.75, 3.05) is 5.94 Å². The molecule has 0 aliphatic rings. The normalized spacial score (nSPS) is 13.0. The molecule has 0 bridgehead atoms. The number of hydrogen-bond acceptors (Lipinski definition) is 3. The van der Waals surface area contributed by atoms with Crippen LogP contribution in [0, 0.1) is 0 Å². The van der Waals surface area contributed by atoms with Crippen molar-refractivity contribution in [2.24, 2.45) is 0 Å². The van der Waals surface area contributed by atoms with E-state index < -0.39 is 0 Å². The molecule has 0 fully saturated rings. The maximum Gasteiger partial charge on any atom is 0.112 e. The lowest BCUT2D eigenvalue weighted by molar-refractivity contribution is 0.327. The van der Waals surface area contributed by atoms with Gasteiger partial charge in [-0.3, -0.25) is 0 Å². The summed E-state index contributed by atoms with van der Waals surface area (Å²) in [4.78, 5) is 0. The fourth-order valence-electron chi connectivity index (χ4n) is 1.00. The number of hydrogen-bond donors (Lipinski definition) is 0. The van der Waals surface area contributed by atoms with E-state index in [0.29, 0.717) is 18.0 Å². The van der Waals surface area contributed by atoms with Gasteiger partial charge >= 0.3 is 0 Å². The highest BCUT2D eigenvalue weighted by atomic mass is 35.7. The van der Waals surface area contributed by atoms with Crippen LogP contribution in [0.5, 0.6) is 0 Å². The molecule has 0 aliphatic heterocycles. The van der Waals surface area contributed by atoms with E-state index in [1.807, 2.05) is 0 Å². The van der Waals surface area contributed by atoms with Crippen molar-refractivity contribution in [1.29, 1.82) is 0 Å². The van der Waals surface area contributed by atoms with Gasteiger partial charge in [0, 0.05) is 12.1 Å². The third kappa shape index (κ3) is 5.60. The minimum absolute atomic E-state index is 0.0692. The zero-order valence-corrected chi connectivity index (χ0v) is 10.6. The molecule has 1 unspecified atom stereocenters. The predicted octanol–water partition coefficient (Wildman–Crippen LogP) is 3.47. The van der Waals surface area contributed by atoms with Crippen LogP contribution < -0.4 is 0 Å². The smallest absolute Gasteiger partial charge is 0.112 e. The lowest BCUT2D eigenvalue weighted by Crippen LogP contribution is -2.31. The molecule has 2 nitrogen and oxygen atoms in total. The summed E-state index contributed by atoms with van der Waals surface area (Å²) >= 11 is 7.11. The maximum absolute atomic E-state index is 5.42. The van der Waals surface area contributed by atoms with Crippen LogP contribution >= 0.6 is 31.3 Å². The first-order chi connectivity index (χ1) is 5.59. The van der Waals surface area contributed by atoms with E-state index in [1.54, 1.807) is 11.9 Å². The Morgan fingerprint density at radius 1 is 1.33 bits per heavy atom. The van der Waals surface area contributed by atoms with Gasteiger partial charge in [-0.25, -0.2) is 4.31 Å². The Morgan fingerprint density at radius 3 is 2.17 bits per heavy atom. The minimum atomic E-state index is 0.0692. The van der Waals surface area contributed by atoms with E-state index in [1.165, 1.54) is 0 Å². The van der Waals surface area contributed by atoms with Gasteiger partial charge in [-0.05, 0) is 39.6 Å². The first kappa shape index (κ1) is 13.0. The molecule has 1 atom stereocenters. The third-order valence-electron chi connectivity index (χ3n) is 1.33. The van der Waals surface area contributed by atoms with Crippen LogP contribution in [-0.4, -0.2) is 22.3 Å². The van der Waals surface area contributed by atoms with Crippen LogP contribution in [-0.2, 0) is 4.52 Å². The molecule has 74 valence electrons. The summed E-state index contributed by atoms with van der Waals surface area (Å²) in [6.07, 6.45) is 0. The van der Waals surface area contributed by atoms with Crippen LogP contribution in [0.4, 0.5) is 0 Å². The topological polar surface area (TPSA) is 12.5 Å². The average molecular weight is 230 g/mol. The summed E-state index contributed by atoms with van der Waals surface area (Å²) in [5, 5.41) is 0. The Balaban J connectivity index is 3.64. The van der Waals surface area contributed by atoms with Crippen molar-refractivity contribution >= 4 is 31.3 Å². The summed E-state index contributed by atoms with van der Waals surface area (Å²) in [7, 11) is 0.0692. The lowest BCUT2D eigenvalue weighted by Gasteiger charge is -2.28. The van der Waals surface area contributed by atoms with Crippen molar-refractivity contribution in [1.82, 2.24) is 4.31 Å². The van der Waals surface area contributed by atoms with Crippen molar-refractivity contribution in [2.45, 2.75) is 39.8 Å². The standard InChI is InChI=1S/C7H17ClNOPS/c1-6(2)9(7(3)4)12-5-10-11-8/h6-7,11H,5H2,1-4H3. The Kier molecular flexibility index (Phi) is 8.01. The van der Waals surface area contributed by atoms with Gasteiger partial charge in [-0.1, -0.05) is 11.2 Å². The number of halogens is 1. The van der Waals surface area contributed by atoms with Crippen LogP contribution in [0.2, 0.25) is 0 Å². The van der Waals surface area contributed by atoms with E-state index in [0.717, 1.165) is 0 Å². The largest absolute Gasteiger partial charge is 0.334 e. The predicted molar refractivity (Wildman–Crippen MR) is 59.8 cm³/mol. The van der Waals surface area contributed by atoms with Crippen molar-refractivity contribution in [3.05, 3.63) is 0 Å². The van der Waals surface area contributed by atoms with Crippen molar-refractivity contribution in [3.8, 4) is 0 Å². The fraction of sp³-hybridized carbons (Fsp3) is 1.00. The summed E-state index contributed by atoms with van der Waals surface area (Å²) in [5.41, 5.74) is 0. The fourth-order valence-corrected chi connectivity index (χ4v) is 2.51. The van der Waals surface area contributed by atoms with Crippen LogP contribution in [0.3, 0.4) is 0 Å². The molecule has 0 aromatic carbocycles. The molecule has 0 radical (unpaired) electrons. The Hall–Kier alpha value is 0.990. The van der Waals surface area contributed by atoms with E-state index in [-0.39, 0.29) is 8.16 Å². The monoisotopic (exact) mass is 229 g/mol. The molecule has 0 saturated heterocycles. The Bertz CT molecular complexity index is 108. The second-order valence-electron chi connectivity index (χ2n) is 3.02. The maximum atomic E-state index is 5.42. The summed E-state index contributed by atoms with van der Waals surface area (Å²) < 4.78 is 7.38. The molecule has 0 saturated carbocycles.